The van der Waals surface area contributed by atoms with Crippen LogP contribution in [0, 0.1) is 0 Å². The van der Waals surface area contributed by atoms with Crippen LogP contribution in [0.2, 0.25) is 0 Å². The molecule has 2 heterocycles. The van der Waals surface area contributed by atoms with Gasteiger partial charge >= 0.3 is 0 Å². The van der Waals surface area contributed by atoms with Crippen LogP contribution in [0.4, 0.5) is 0 Å². The van der Waals surface area contributed by atoms with Crippen molar-refractivity contribution in [3.63, 3.8) is 0 Å². The van der Waals surface area contributed by atoms with Gasteiger partial charge in [0, 0.05) is 18.6 Å². The van der Waals surface area contributed by atoms with Crippen LogP contribution < -0.4 is 0 Å². The Kier molecular flexibility index (Phi) is 5.87. The van der Waals surface area contributed by atoms with Gasteiger partial charge in [-0.05, 0) is 30.7 Å². The van der Waals surface area contributed by atoms with Gasteiger partial charge in [0.2, 0.25) is 0 Å². The van der Waals surface area contributed by atoms with Gasteiger partial charge in [0.05, 0.1) is 5.71 Å². The summed E-state index contributed by atoms with van der Waals surface area (Å²) in [7, 11) is 1.55. The van der Waals surface area contributed by atoms with Crippen molar-refractivity contribution in [2.24, 2.45) is 5.16 Å². The summed E-state index contributed by atoms with van der Waals surface area (Å²) in [6.45, 7) is 1.92. The third-order valence-corrected chi connectivity index (χ3v) is 2.81. The maximum atomic E-state index is 4.65. The van der Waals surface area contributed by atoms with Crippen LogP contribution in [0.1, 0.15) is 12.5 Å². The molecule has 0 saturated heterocycles. The molecule has 1 aromatic carbocycles. The lowest BCUT2D eigenvalue weighted by Gasteiger charge is -1.97. The maximum Gasteiger partial charge on any atom is 0.153 e. The molecule has 5 nitrogen and oxygen atoms in total. The number of benzene rings is 1. The standard InChI is InChI=1S/C9H11NO.C8H7N3/c1-8(10-11-2)9-6-4-3-5-7-9;1-2-5-9-8(4-1)11-7-3-6-10-11/h3-7H,1-2H3;1-7H/b10-8+;. The number of oxime groups is 1. The largest absolute Gasteiger partial charge is 0.399 e. The van der Waals surface area contributed by atoms with Crippen molar-refractivity contribution < 1.29 is 4.84 Å². The first-order chi connectivity index (χ1) is 10.8. The minimum absolute atomic E-state index is 0.845. The Labute approximate surface area is 129 Å². The van der Waals surface area contributed by atoms with E-state index in [0.717, 1.165) is 17.1 Å². The maximum absolute atomic E-state index is 4.65. The van der Waals surface area contributed by atoms with Crippen molar-refractivity contribution in [2.75, 3.05) is 7.11 Å². The van der Waals surface area contributed by atoms with E-state index in [-0.39, 0.29) is 0 Å². The summed E-state index contributed by atoms with van der Waals surface area (Å²) in [5.41, 5.74) is 1.99. The van der Waals surface area contributed by atoms with Crippen molar-refractivity contribution in [1.29, 1.82) is 0 Å². The summed E-state index contributed by atoms with van der Waals surface area (Å²) in [6, 6.07) is 17.5. The van der Waals surface area contributed by atoms with E-state index in [2.05, 4.69) is 20.1 Å². The van der Waals surface area contributed by atoms with Gasteiger partial charge in [-0.3, -0.25) is 0 Å². The fourth-order valence-electron chi connectivity index (χ4n) is 1.76. The lowest BCUT2D eigenvalue weighted by atomic mass is 10.1. The summed E-state index contributed by atoms with van der Waals surface area (Å²) in [6.07, 6.45) is 5.34. The van der Waals surface area contributed by atoms with Gasteiger partial charge in [0.25, 0.3) is 0 Å². The zero-order valence-electron chi connectivity index (χ0n) is 12.6. The number of aromatic nitrogens is 3. The van der Waals surface area contributed by atoms with Crippen LogP contribution in [0.25, 0.3) is 5.82 Å². The molecule has 0 aliphatic carbocycles. The number of hydrogen-bond donors (Lipinski definition) is 0. The number of nitrogens with zero attached hydrogens (tertiary/aromatic N) is 4. The van der Waals surface area contributed by atoms with E-state index in [4.69, 9.17) is 0 Å². The molecule has 3 rings (SSSR count). The monoisotopic (exact) mass is 294 g/mol. The van der Waals surface area contributed by atoms with Crippen molar-refractivity contribution in [1.82, 2.24) is 14.8 Å². The van der Waals surface area contributed by atoms with Gasteiger partial charge in [0.1, 0.15) is 7.11 Å². The predicted molar refractivity (Wildman–Crippen MR) is 87.0 cm³/mol. The molecule has 112 valence electrons. The molecule has 0 amide bonds. The number of rotatable bonds is 3. The molecule has 0 atom stereocenters. The normalized spacial score (nSPS) is 10.5. The van der Waals surface area contributed by atoms with Gasteiger partial charge in [-0.15, -0.1) is 0 Å². The van der Waals surface area contributed by atoms with Crippen molar-refractivity contribution >= 4 is 5.71 Å². The van der Waals surface area contributed by atoms with E-state index in [1.165, 1.54) is 0 Å². The predicted octanol–water partition coefficient (Wildman–Crippen LogP) is 3.32. The topological polar surface area (TPSA) is 52.3 Å². The van der Waals surface area contributed by atoms with Gasteiger partial charge in [-0.2, -0.15) is 5.10 Å². The first-order valence-electron chi connectivity index (χ1n) is 6.85. The van der Waals surface area contributed by atoms with Gasteiger partial charge < -0.3 is 4.84 Å². The van der Waals surface area contributed by atoms with E-state index in [1.807, 2.05) is 67.7 Å². The van der Waals surface area contributed by atoms with Crippen LogP contribution in [-0.4, -0.2) is 27.6 Å². The van der Waals surface area contributed by atoms with Gasteiger partial charge in [-0.25, -0.2) is 9.67 Å². The molecule has 0 radical (unpaired) electrons. The average Bonchev–Trinajstić information content (AvgIpc) is 3.12. The lowest BCUT2D eigenvalue weighted by Crippen LogP contribution is -1.95. The molecule has 0 aliphatic heterocycles. The fourth-order valence-corrected chi connectivity index (χ4v) is 1.76. The summed E-state index contributed by atoms with van der Waals surface area (Å²) < 4.78 is 1.72. The molecule has 0 unspecified atom stereocenters. The van der Waals surface area contributed by atoms with E-state index in [1.54, 1.807) is 24.2 Å². The fraction of sp³-hybridized carbons (Fsp3) is 0.118. The molecule has 0 N–H and O–H groups in total. The highest BCUT2D eigenvalue weighted by Crippen LogP contribution is 2.00. The Morgan fingerprint density at radius 2 is 1.77 bits per heavy atom. The SMILES string of the molecule is CO/N=C(\C)c1ccccc1.c1ccc(-n2cccn2)nc1. The van der Waals surface area contributed by atoms with Crippen LogP contribution >= 0.6 is 0 Å². The number of pyridine rings is 1. The Morgan fingerprint density at radius 1 is 1.00 bits per heavy atom. The first-order valence-corrected chi connectivity index (χ1v) is 6.85. The molecule has 0 spiro atoms. The lowest BCUT2D eigenvalue weighted by molar-refractivity contribution is 0.213. The smallest absolute Gasteiger partial charge is 0.153 e. The summed E-state index contributed by atoms with van der Waals surface area (Å²) in [5, 5.41) is 7.85. The van der Waals surface area contributed by atoms with Crippen molar-refractivity contribution in [3.8, 4) is 5.82 Å². The third-order valence-electron chi connectivity index (χ3n) is 2.81. The highest BCUT2D eigenvalue weighted by atomic mass is 16.6. The second-order valence-corrected chi connectivity index (χ2v) is 4.36. The van der Waals surface area contributed by atoms with E-state index in [9.17, 15) is 0 Å². The molecule has 0 fully saturated rings. The van der Waals surface area contributed by atoms with Gasteiger partial charge in [-0.1, -0.05) is 41.6 Å². The summed E-state index contributed by atoms with van der Waals surface area (Å²) >= 11 is 0. The highest BCUT2D eigenvalue weighted by Gasteiger charge is 1.93. The van der Waals surface area contributed by atoms with Crippen molar-refractivity contribution in [3.05, 3.63) is 78.8 Å². The minimum atomic E-state index is 0.845. The molecule has 0 saturated carbocycles. The van der Waals surface area contributed by atoms with Crippen LogP contribution in [-0.2, 0) is 4.84 Å². The molecule has 2 aromatic heterocycles. The van der Waals surface area contributed by atoms with Crippen molar-refractivity contribution in [2.45, 2.75) is 6.92 Å². The minimum Gasteiger partial charge on any atom is -0.399 e. The van der Waals surface area contributed by atoms with Crippen LogP contribution in [0.5, 0.6) is 0 Å². The number of hydrogen-bond acceptors (Lipinski definition) is 4. The molecular formula is C17H18N4O. The quantitative estimate of drug-likeness (QED) is 0.550. The second-order valence-electron chi connectivity index (χ2n) is 4.36. The van der Waals surface area contributed by atoms with Gasteiger partial charge in [0.15, 0.2) is 5.82 Å². The Hall–Kier alpha value is -2.95. The Bertz CT molecular complexity index is 679. The highest BCUT2D eigenvalue weighted by molar-refractivity contribution is 5.98. The van der Waals surface area contributed by atoms with E-state index < -0.39 is 0 Å². The Morgan fingerprint density at radius 3 is 2.36 bits per heavy atom. The zero-order valence-corrected chi connectivity index (χ0v) is 12.6. The second kappa shape index (κ2) is 8.36. The molecule has 22 heavy (non-hydrogen) atoms. The Balaban J connectivity index is 0.000000160. The summed E-state index contributed by atoms with van der Waals surface area (Å²) in [4.78, 5) is 8.77. The molecule has 3 aromatic rings. The molecule has 0 aliphatic rings. The molecule has 5 heteroatoms. The summed E-state index contributed by atoms with van der Waals surface area (Å²) in [5.74, 6) is 0.845. The molecular weight excluding hydrogens is 276 g/mol. The first kappa shape index (κ1) is 15.4. The van der Waals surface area contributed by atoms with Crippen LogP contribution in [0.15, 0.2) is 78.3 Å². The third kappa shape index (κ3) is 4.56. The van der Waals surface area contributed by atoms with E-state index in [0.29, 0.717) is 0 Å². The van der Waals surface area contributed by atoms with E-state index >= 15 is 0 Å². The molecule has 0 bridgehead atoms. The zero-order chi connectivity index (χ0) is 15.6. The van der Waals surface area contributed by atoms with Crippen LogP contribution in [0.3, 0.4) is 0 Å². The average molecular weight is 294 g/mol.